The number of aryl methyl sites for hydroxylation is 1. The Kier molecular flexibility index (Phi) is 5.96. The Labute approximate surface area is 117 Å². The molecule has 0 aliphatic carbocycles. The number of carboxylic acids is 1. The van der Waals surface area contributed by atoms with Crippen molar-refractivity contribution in [1.82, 2.24) is 4.72 Å². The van der Waals surface area contributed by atoms with Crippen LogP contribution in [0.1, 0.15) is 25.1 Å². The Hall–Kier alpha value is -0.920. The molecule has 19 heavy (non-hydrogen) atoms. The Morgan fingerprint density at radius 2 is 2.16 bits per heavy atom. The zero-order chi connectivity index (χ0) is 14.5. The van der Waals surface area contributed by atoms with Crippen molar-refractivity contribution >= 4 is 27.3 Å². The van der Waals surface area contributed by atoms with Gasteiger partial charge in [-0.3, -0.25) is 4.79 Å². The van der Waals surface area contributed by atoms with Crippen LogP contribution in [-0.2, 0) is 21.2 Å². The van der Waals surface area contributed by atoms with Crippen molar-refractivity contribution in [2.24, 2.45) is 5.92 Å². The van der Waals surface area contributed by atoms with Gasteiger partial charge >= 0.3 is 5.97 Å². The van der Waals surface area contributed by atoms with Gasteiger partial charge < -0.3 is 5.11 Å². The SMILES string of the molecule is CC(C)C[C@H](NS(=O)(=O)CCc1cccs1)C(=O)O. The van der Waals surface area contributed by atoms with Crippen LogP contribution in [0.4, 0.5) is 0 Å². The standard InChI is InChI=1S/C12H19NO4S2/c1-9(2)8-11(12(14)15)13-19(16,17)7-5-10-4-3-6-18-10/h3-4,6,9,11,13H,5,7-8H2,1-2H3,(H,14,15)/t11-/m0/s1. The zero-order valence-corrected chi connectivity index (χ0v) is 12.6. The van der Waals surface area contributed by atoms with Crippen molar-refractivity contribution in [3.05, 3.63) is 22.4 Å². The molecule has 0 saturated heterocycles. The summed E-state index contributed by atoms with van der Waals surface area (Å²) in [6.07, 6.45) is 0.689. The first kappa shape index (κ1) is 16.1. The van der Waals surface area contributed by atoms with Crippen LogP contribution in [0.2, 0.25) is 0 Å². The fourth-order valence-electron chi connectivity index (χ4n) is 1.64. The smallest absolute Gasteiger partial charge is 0.321 e. The summed E-state index contributed by atoms with van der Waals surface area (Å²) in [5, 5.41) is 10.9. The van der Waals surface area contributed by atoms with Gasteiger partial charge in [-0.2, -0.15) is 0 Å². The molecular formula is C12H19NO4S2. The Morgan fingerprint density at radius 1 is 1.47 bits per heavy atom. The zero-order valence-electron chi connectivity index (χ0n) is 11.0. The molecule has 0 saturated carbocycles. The molecule has 2 N–H and O–H groups in total. The van der Waals surface area contributed by atoms with E-state index < -0.39 is 22.0 Å². The molecule has 0 spiro atoms. The minimum Gasteiger partial charge on any atom is -0.480 e. The summed E-state index contributed by atoms with van der Waals surface area (Å²) in [4.78, 5) is 12.0. The van der Waals surface area contributed by atoms with Gasteiger partial charge in [0, 0.05) is 4.88 Å². The molecule has 1 atom stereocenters. The second kappa shape index (κ2) is 7.02. The lowest BCUT2D eigenvalue weighted by atomic mass is 10.1. The number of hydrogen-bond acceptors (Lipinski definition) is 4. The lowest BCUT2D eigenvalue weighted by Crippen LogP contribution is -2.42. The quantitative estimate of drug-likeness (QED) is 0.766. The maximum Gasteiger partial charge on any atom is 0.321 e. The first-order valence-corrected chi connectivity index (χ1v) is 8.58. The van der Waals surface area contributed by atoms with E-state index in [1.165, 1.54) is 11.3 Å². The van der Waals surface area contributed by atoms with Crippen LogP contribution in [0.3, 0.4) is 0 Å². The molecule has 0 bridgehead atoms. The van der Waals surface area contributed by atoms with Crippen LogP contribution < -0.4 is 4.72 Å². The van der Waals surface area contributed by atoms with Crippen molar-refractivity contribution in [2.75, 3.05) is 5.75 Å². The van der Waals surface area contributed by atoms with Crippen LogP contribution in [0.15, 0.2) is 17.5 Å². The van der Waals surface area contributed by atoms with Crippen molar-refractivity contribution < 1.29 is 18.3 Å². The average Bonchev–Trinajstić information content (AvgIpc) is 2.77. The van der Waals surface area contributed by atoms with E-state index in [0.29, 0.717) is 6.42 Å². The number of aliphatic carboxylic acids is 1. The molecule has 0 fully saturated rings. The van der Waals surface area contributed by atoms with E-state index in [-0.39, 0.29) is 18.1 Å². The summed E-state index contributed by atoms with van der Waals surface area (Å²) in [6.45, 7) is 3.71. The lowest BCUT2D eigenvalue weighted by molar-refractivity contribution is -0.139. The summed E-state index contributed by atoms with van der Waals surface area (Å²) >= 11 is 1.49. The largest absolute Gasteiger partial charge is 0.480 e. The summed E-state index contributed by atoms with van der Waals surface area (Å²) in [7, 11) is -3.57. The van der Waals surface area contributed by atoms with Crippen LogP contribution >= 0.6 is 11.3 Å². The van der Waals surface area contributed by atoms with Crippen molar-refractivity contribution in [3.63, 3.8) is 0 Å². The van der Waals surface area contributed by atoms with Crippen molar-refractivity contribution in [3.8, 4) is 0 Å². The molecule has 0 aromatic carbocycles. The van der Waals surface area contributed by atoms with Crippen LogP contribution in [0, 0.1) is 5.92 Å². The predicted octanol–water partition coefficient (Wildman–Crippen LogP) is 1.71. The van der Waals surface area contributed by atoms with Gasteiger partial charge in [0.05, 0.1) is 5.75 Å². The maximum absolute atomic E-state index is 11.9. The van der Waals surface area contributed by atoms with Gasteiger partial charge in [-0.05, 0) is 30.2 Å². The highest BCUT2D eigenvalue weighted by Crippen LogP contribution is 2.11. The van der Waals surface area contributed by atoms with Gasteiger partial charge in [0.15, 0.2) is 0 Å². The number of nitrogens with one attached hydrogen (secondary N) is 1. The van der Waals surface area contributed by atoms with E-state index in [0.717, 1.165) is 4.88 Å². The Bertz CT molecular complexity index is 494. The third-order valence-electron chi connectivity index (χ3n) is 2.52. The normalized spacial score (nSPS) is 13.6. The van der Waals surface area contributed by atoms with Crippen LogP contribution in [-0.4, -0.2) is 31.3 Å². The number of thiophene rings is 1. The molecule has 0 amide bonds. The topological polar surface area (TPSA) is 83.5 Å². The van der Waals surface area contributed by atoms with E-state index in [1.54, 1.807) is 0 Å². The lowest BCUT2D eigenvalue weighted by Gasteiger charge is -2.16. The number of carboxylic acid groups (broad SMARTS) is 1. The number of sulfonamides is 1. The van der Waals surface area contributed by atoms with Gasteiger partial charge in [-0.15, -0.1) is 11.3 Å². The van der Waals surface area contributed by atoms with Crippen molar-refractivity contribution in [2.45, 2.75) is 32.7 Å². The van der Waals surface area contributed by atoms with Gasteiger partial charge in [-0.1, -0.05) is 19.9 Å². The minimum absolute atomic E-state index is 0.0879. The molecular weight excluding hydrogens is 286 g/mol. The fourth-order valence-corrected chi connectivity index (χ4v) is 3.71. The highest BCUT2D eigenvalue weighted by atomic mass is 32.2. The third-order valence-corrected chi connectivity index (χ3v) is 4.85. The summed E-state index contributed by atoms with van der Waals surface area (Å²) in [5.74, 6) is -1.11. The second-order valence-electron chi connectivity index (χ2n) is 4.79. The summed E-state index contributed by atoms with van der Waals surface area (Å²) in [6, 6.07) is 2.68. The number of carbonyl (C=O) groups is 1. The number of hydrogen-bond donors (Lipinski definition) is 2. The Morgan fingerprint density at radius 3 is 2.63 bits per heavy atom. The first-order valence-electron chi connectivity index (χ1n) is 6.05. The Balaban J connectivity index is 2.58. The summed E-state index contributed by atoms with van der Waals surface area (Å²) < 4.78 is 26.0. The van der Waals surface area contributed by atoms with E-state index in [2.05, 4.69) is 4.72 Å². The molecule has 0 radical (unpaired) electrons. The molecule has 0 aliphatic rings. The monoisotopic (exact) mass is 305 g/mol. The second-order valence-corrected chi connectivity index (χ2v) is 7.69. The fraction of sp³-hybridized carbons (Fsp3) is 0.583. The van der Waals surface area contributed by atoms with Crippen LogP contribution in [0.25, 0.3) is 0 Å². The molecule has 5 nitrogen and oxygen atoms in total. The minimum atomic E-state index is -3.57. The van der Waals surface area contributed by atoms with Gasteiger partial charge in [0.25, 0.3) is 0 Å². The maximum atomic E-state index is 11.9. The van der Waals surface area contributed by atoms with E-state index in [4.69, 9.17) is 5.11 Å². The molecule has 1 aromatic heterocycles. The highest BCUT2D eigenvalue weighted by molar-refractivity contribution is 7.89. The van der Waals surface area contributed by atoms with E-state index >= 15 is 0 Å². The molecule has 0 aliphatic heterocycles. The van der Waals surface area contributed by atoms with Crippen LogP contribution in [0.5, 0.6) is 0 Å². The molecule has 1 heterocycles. The van der Waals surface area contributed by atoms with E-state index in [1.807, 2.05) is 31.4 Å². The number of rotatable bonds is 8. The summed E-state index contributed by atoms with van der Waals surface area (Å²) in [5.41, 5.74) is 0. The molecule has 108 valence electrons. The van der Waals surface area contributed by atoms with Gasteiger partial charge in [-0.25, -0.2) is 13.1 Å². The molecule has 1 aromatic rings. The molecule has 7 heteroatoms. The van der Waals surface area contributed by atoms with Gasteiger partial charge in [0.2, 0.25) is 10.0 Å². The van der Waals surface area contributed by atoms with Gasteiger partial charge in [0.1, 0.15) is 6.04 Å². The van der Waals surface area contributed by atoms with E-state index in [9.17, 15) is 13.2 Å². The molecule has 1 rings (SSSR count). The first-order chi connectivity index (χ1) is 8.80. The predicted molar refractivity (Wildman–Crippen MR) is 75.8 cm³/mol. The highest BCUT2D eigenvalue weighted by Gasteiger charge is 2.24. The average molecular weight is 305 g/mol. The third kappa shape index (κ3) is 6.17. The molecule has 0 unspecified atom stereocenters. The van der Waals surface area contributed by atoms with Crippen molar-refractivity contribution in [1.29, 1.82) is 0 Å².